The molecule has 0 saturated carbocycles. The van der Waals surface area contributed by atoms with Gasteiger partial charge < -0.3 is 23.8 Å². The standard InChI is InChI=1S/C22H25NO6/c1-4-11-28-16-5-7-17(8-6-16)29-22(25)15-12-21(24)23(14-15)19-10-9-18(26-2)13-20(19)27-3/h5-10,13,15H,4,11-12,14H2,1-3H3. The highest BCUT2D eigenvalue weighted by atomic mass is 16.5. The van der Waals surface area contributed by atoms with Crippen LogP contribution < -0.4 is 23.8 Å². The minimum absolute atomic E-state index is 0.0890. The van der Waals surface area contributed by atoms with Gasteiger partial charge in [0.05, 0.1) is 32.4 Å². The average molecular weight is 399 g/mol. The molecule has 7 nitrogen and oxygen atoms in total. The first-order chi connectivity index (χ1) is 14.0. The molecule has 1 unspecified atom stereocenters. The van der Waals surface area contributed by atoms with Gasteiger partial charge in [-0.05, 0) is 42.8 Å². The van der Waals surface area contributed by atoms with E-state index >= 15 is 0 Å². The summed E-state index contributed by atoms with van der Waals surface area (Å²) in [6.45, 7) is 2.90. The lowest BCUT2D eigenvalue weighted by molar-refractivity contribution is -0.139. The lowest BCUT2D eigenvalue weighted by atomic mass is 10.1. The second kappa shape index (κ2) is 9.32. The number of methoxy groups -OCH3 is 2. The van der Waals surface area contributed by atoms with Gasteiger partial charge in [-0.2, -0.15) is 0 Å². The van der Waals surface area contributed by atoms with E-state index in [2.05, 4.69) is 0 Å². The number of anilines is 1. The fourth-order valence-electron chi connectivity index (χ4n) is 3.13. The Kier molecular flexibility index (Phi) is 6.59. The van der Waals surface area contributed by atoms with Crippen LogP contribution in [0.3, 0.4) is 0 Å². The van der Waals surface area contributed by atoms with Crippen LogP contribution >= 0.6 is 0 Å². The van der Waals surface area contributed by atoms with Crippen LogP contribution in [-0.4, -0.2) is 39.2 Å². The van der Waals surface area contributed by atoms with E-state index in [0.29, 0.717) is 29.5 Å². The van der Waals surface area contributed by atoms with Crippen molar-refractivity contribution in [3.05, 3.63) is 42.5 Å². The van der Waals surface area contributed by atoms with Gasteiger partial charge in [-0.3, -0.25) is 9.59 Å². The first kappa shape index (κ1) is 20.5. The Morgan fingerprint density at radius 1 is 1.03 bits per heavy atom. The number of amides is 1. The highest BCUT2D eigenvalue weighted by molar-refractivity contribution is 6.00. The van der Waals surface area contributed by atoms with Crippen molar-refractivity contribution in [2.45, 2.75) is 19.8 Å². The Morgan fingerprint density at radius 2 is 1.72 bits per heavy atom. The van der Waals surface area contributed by atoms with E-state index in [-0.39, 0.29) is 18.9 Å². The zero-order valence-electron chi connectivity index (χ0n) is 16.8. The number of nitrogens with zero attached hydrogens (tertiary/aromatic N) is 1. The van der Waals surface area contributed by atoms with Crippen molar-refractivity contribution < 1.29 is 28.5 Å². The van der Waals surface area contributed by atoms with E-state index < -0.39 is 11.9 Å². The molecule has 0 aliphatic carbocycles. The number of hydrogen-bond donors (Lipinski definition) is 0. The minimum atomic E-state index is -0.551. The molecule has 1 fully saturated rings. The van der Waals surface area contributed by atoms with Gasteiger partial charge in [0, 0.05) is 19.0 Å². The number of esters is 1. The third kappa shape index (κ3) is 4.80. The van der Waals surface area contributed by atoms with Gasteiger partial charge in [-0.25, -0.2) is 0 Å². The zero-order chi connectivity index (χ0) is 20.8. The molecule has 1 aliphatic rings. The van der Waals surface area contributed by atoms with Crippen LogP contribution in [0, 0.1) is 5.92 Å². The quantitative estimate of drug-likeness (QED) is 0.500. The highest BCUT2D eigenvalue weighted by Crippen LogP contribution is 2.36. The molecule has 1 heterocycles. The third-order valence-corrected chi connectivity index (χ3v) is 4.65. The van der Waals surface area contributed by atoms with Gasteiger partial charge in [0.15, 0.2) is 0 Å². The molecule has 0 N–H and O–H groups in total. The first-order valence-corrected chi connectivity index (χ1v) is 9.52. The summed E-state index contributed by atoms with van der Waals surface area (Å²) in [5.74, 6) is 1.14. The van der Waals surface area contributed by atoms with Gasteiger partial charge in [0.2, 0.25) is 5.91 Å². The minimum Gasteiger partial charge on any atom is -0.497 e. The molecule has 0 bridgehead atoms. The summed E-state index contributed by atoms with van der Waals surface area (Å²) < 4.78 is 21.5. The molecule has 1 aliphatic heterocycles. The van der Waals surface area contributed by atoms with Crippen LogP contribution in [0.1, 0.15) is 19.8 Å². The Balaban J connectivity index is 1.66. The molecule has 1 atom stereocenters. The summed E-state index contributed by atoms with van der Waals surface area (Å²) in [6, 6.07) is 12.1. The molecule has 1 saturated heterocycles. The fourth-order valence-corrected chi connectivity index (χ4v) is 3.13. The summed E-state index contributed by atoms with van der Waals surface area (Å²) in [7, 11) is 3.09. The lowest BCUT2D eigenvalue weighted by Crippen LogP contribution is -2.27. The number of carbonyl (C=O) groups excluding carboxylic acids is 2. The molecular formula is C22H25NO6. The van der Waals surface area contributed by atoms with Crippen molar-refractivity contribution >= 4 is 17.6 Å². The monoisotopic (exact) mass is 399 g/mol. The molecule has 0 radical (unpaired) electrons. The topological polar surface area (TPSA) is 74.3 Å². The van der Waals surface area contributed by atoms with Crippen molar-refractivity contribution in [3.8, 4) is 23.0 Å². The van der Waals surface area contributed by atoms with Gasteiger partial charge in [0.1, 0.15) is 23.0 Å². The number of benzene rings is 2. The molecule has 29 heavy (non-hydrogen) atoms. The van der Waals surface area contributed by atoms with Gasteiger partial charge in [-0.15, -0.1) is 0 Å². The zero-order valence-corrected chi connectivity index (χ0v) is 16.8. The van der Waals surface area contributed by atoms with Crippen LogP contribution in [-0.2, 0) is 9.59 Å². The van der Waals surface area contributed by atoms with Crippen LogP contribution in [0.25, 0.3) is 0 Å². The summed E-state index contributed by atoms with van der Waals surface area (Å²) in [4.78, 5) is 26.6. The van der Waals surface area contributed by atoms with Crippen LogP contribution in [0.4, 0.5) is 5.69 Å². The Morgan fingerprint density at radius 3 is 2.38 bits per heavy atom. The molecule has 7 heteroatoms. The summed E-state index contributed by atoms with van der Waals surface area (Å²) in [5.41, 5.74) is 0.603. The highest BCUT2D eigenvalue weighted by Gasteiger charge is 2.37. The van der Waals surface area contributed by atoms with Crippen LogP contribution in [0.15, 0.2) is 42.5 Å². The molecule has 1 amide bonds. The van der Waals surface area contributed by atoms with Crippen molar-refractivity contribution in [2.24, 2.45) is 5.92 Å². The van der Waals surface area contributed by atoms with E-state index in [1.165, 1.54) is 7.11 Å². The average Bonchev–Trinajstić information content (AvgIpc) is 3.14. The molecule has 2 aromatic rings. The maximum atomic E-state index is 12.6. The summed E-state index contributed by atoms with van der Waals surface area (Å²) in [6.07, 6.45) is 1.01. The van der Waals surface area contributed by atoms with Crippen molar-refractivity contribution in [1.29, 1.82) is 0 Å². The second-order valence-electron chi connectivity index (χ2n) is 6.68. The maximum Gasteiger partial charge on any atom is 0.316 e. The predicted molar refractivity (Wildman–Crippen MR) is 108 cm³/mol. The summed E-state index contributed by atoms with van der Waals surface area (Å²) in [5, 5.41) is 0. The van der Waals surface area contributed by atoms with Crippen molar-refractivity contribution in [3.63, 3.8) is 0 Å². The molecular weight excluding hydrogens is 374 g/mol. The first-order valence-electron chi connectivity index (χ1n) is 9.52. The number of carbonyl (C=O) groups is 2. The normalized spacial score (nSPS) is 15.9. The smallest absolute Gasteiger partial charge is 0.316 e. The lowest BCUT2D eigenvalue weighted by Gasteiger charge is -2.20. The molecule has 2 aromatic carbocycles. The van der Waals surface area contributed by atoms with Gasteiger partial charge in [-0.1, -0.05) is 6.92 Å². The number of ether oxygens (including phenoxy) is 4. The predicted octanol–water partition coefficient (Wildman–Crippen LogP) is 3.45. The largest absolute Gasteiger partial charge is 0.497 e. The van der Waals surface area contributed by atoms with Crippen molar-refractivity contribution in [1.82, 2.24) is 0 Å². The van der Waals surface area contributed by atoms with E-state index in [0.717, 1.165) is 12.2 Å². The molecule has 0 aromatic heterocycles. The molecule has 154 valence electrons. The van der Waals surface area contributed by atoms with E-state index in [4.69, 9.17) is 18.9 Å². The van der Waals surface area contributed by atoms with E-state index in [9.17, 15) is 9.59 Å². The Labute approximate surface area is 170 Å². The SMILES string of the molecule is CCCOc1ccc(OC(=O)C2CC(=O)N(c3ccc(OC)cc3OC)C2)cc1. The van der Waals surface area contributed by atoms with E-state index in [1.54, 1.807) is 54.5 Å². The maximum absolute atomic E-state index is 12.6. The number of rotatable bonds is 8. The Hall–Kier alpha value is -3.22. The Bertz CT molecular complexity index is 864. The van der Waals surface area contributed by atoms with Gasteiger partial charge >= 0.3 is 5.97 Å². The summed E-state index contributed by atoms with van der Waals surface area (Å²) >= 11 is 0. The molecule has 0 spiro atoms. The van der Waals surface area contributed by atoms with Crippen LogP contribution in [0.5, 0.6) is 23.0 Å². The second-order valence-corrected chi connectivity index (χ2v) is 6.68. The van der Waals surface area contributed by atoms with Gasteiger partial charge in [0.25, 0.3) is 0 Å². The fraction of sp³-hybridized carbons (Fsp3) is 0.364. The number of hydrogen-bond acceptors (Lipinski definition) is 6. The van der Waals surface area contributed by atoms with Crippen molar-refractivity contribution in [2.75, 3.05) is 32.3 Å². The molecule has 3 rings (SSSR count). The third-order valence-electron chi connectivity index (χ3n) is 4.65. The van der Waals surface area contributed by atoms with Crippen LogP contribution in [0.2, 0.25) is 0 Å². The van der Waals surface area contributed by atoms with E-state index in [1.807, 2.05) is 6.92 Å².